The van der Waals surface area contributed by atoms with Crippen molar-refractivity contribution in [3.8, 4) is 0 Å². The third-order valence-corrected chi connectivity index (χ3v) is 5.01. The number of amides is 1. The van der Waals surface area contributed by atoms with Gasteiger partial charge in [-0.3, -0.25) is 4.79 Å². The highest BCUT2D eigenvalue weighted by molar-refractivity contribution is 7.92. The summed E-state index contributed by atoms with van der Waals surface area (Å²) in [6.45, 7) is 3.88. The van der Waals surface area contributed by atoms with Gasteiger partial charge < -0.3 is 11.1 Å². The zero-order chi connectivity index (χ0) is 15.2. The molecule has 0 saturated carbocycles. The van der Waals surface area contributed by atoms with Crippen molar-refractivity contribution >= 4 is 21.4 Å². The first-order valence-corrected chi connectivity index (χ1v) is 8.18. The number of nitrogens with one attached hydrogen (secondary N) is 1. The Kier molecular flexibility index (Phi) is 5.94. The van der Waals surface area contributed by atoms with Crippen LogP contribution in [0.3, 0.4) is 0 Å². The van der Waals surface area contributed by atoms with E-state index >= 15 is 0 Å². The highest BCUT2D eigenvalue weighted by atomic mass is 32.2. The van der Waals surface area contributed by atoms with Crippen molar-refractivity contribution in [3.63, 3.8) is 0 Å². The fraction of sp³-hybridized carbons (Fsp3) is 0.538. The van der Waals surface area contributed by atoms with Gasteiger partial charge in [-0.15, -0.1) is 0 Å². The van der Waals surface area contributed by atoms with E-state index in [2.05, 4.69) is 17.2 Å². The highest BCUT2D eigenvalue weighted by Crippen LogP contribution is 2.19. The smallest absolute Gasteiger partial charge is 0.238 e. The van der Waals surface area contributed by atoms with Crippen LogP contribution in [0, 0.1) is 0 Å². The van der Waals surface area contributed by atoms with Crippen molar-refractivity contribution in [2.45, 2.75) is 43.4 Å². The number of hydrogen-bond donors (Lipinski definition) is 2. The van der Waals surface area contributed by atoms with E-state index < -0.39 is 21.0 Å². The summed E-state index contributed by atoms with van der Waals surface area (Å²) in [5.41, 5.74) is 5.66. The molecule has 0 radical (unpaired) electrons. The number of aromatic nitrogens is 1. The fourth-order valence-electron chi connectivity index (χ4n) is 1.68. The van der Waals surface area contributed by atoms with Gasteiger partial charge in [0, 0.05) is 12.7 Å². The van der Waals surface area contributed by atoms with E-state index in [1.165, 1.54) is 19.2 Å². The van der Waals surface area contributed by atoms with E-state index in [-0.39, 0.29) is 10.7 Å². The molecule has 0 saturated heterocycles. The maximum atomic E-state index is 12.3. The standard InChI is InChI=1S/C13H21N3O3S/c1-3-4-5-8-15-12(17)10(2)20(18,19)13-11(14)7-6-9-16-13/h6-7,9-10H,3-5,8,14H2,1-2H3,(H,15,17). The van der Waals surface area contributed by atoms with Gasteiger partial charge in [-0.25, -0.2) is 13.4 Å². The predicted molar refractivity (Wildman–Crippen MR) is 77.8 cm³/mol. The minimum atomic E-state index is -3.86. The molecule has 112 valence electrons. The summed E-state index contributed by atoms with van der Waals surface area (Å²) >= 11 is 0. The van der Waals surface area contributed by atoms with Crippen LogP contribution in [0.5, 0.6) is 0 Å². The van der Waals surface area contributed by atoms with Crippen molar-refractivity contribution < 1.29 is 13.2 Å². The first-order valence-electron chi connectivity index (χ1n) is 6.63. The van der Waals surface area contributed by atoms with Gasteiger partial charge in [0.1, 0.15) is 5.25 Å². The Bertz CT molecular complexity index is 558. The van der Waals surface area contributed by atoms with Crippen LogP contribution < -0.4 is 11.1 Å². The summed E-state index contributed by atoms with van der Waals surface area (Å²) < 4.78 is 24.6. The molecule has 1 unspecified atom stereocenters. The molecule has 0 bridgehead atoms. The van der Waals surface area contributed by atoms with Crippen molar-refractivity contribution in [2.75, 3.05) is 12.3 Å². The van der Waals surface area contributed by atoms with Crippen LogP contribution in [0.15, 0.2) is 23.4 Å². The molecule has 1 aromatic rings. The zero-order valence-corrected chi connectivity index (χ0v) is 12.6. The van der Waals surface area contributed by atoms with Gasteiger partial charge in [0.25, 0.3) is 0 Å². The molecule has 0 aromatic carbocycles. The molecule has 0 aliphatic rings. The molecule has 1 amide bonds. The Balaban J connectivity index is 2.77. The van der Waals surface area contributed by atoms with Crippen LogP contribution in [0.1, 0.15) is 33.1 Å². The third-order valence-electron chi connectivity index (χ3n) is 2.98. The molecule has 1 aromatic heterocycles. The van der Waals surface area contributed by atoms with Gasteiger partial charge >= 0.3 is 0 Å². The molecule has 6 nitrogen and oxygen atoms in total. The van der Waals surface area contributed by atoms with Gasteiger partial charge in [0.2, 0.25) is 15.7 Å². The Morgan fingerprint density at radius 2 is 2.15 bits per heavy atom. The maximum absolute atomic E-state index is 12.3. The normalized spacial score (nSPS) is 12.9. The second kappa shape index (κ2) is 7.23. The van der Waals surface area contributed by atoms with Crippen LogP contribution in [-0.2, 0) is 14.6 Å². The van der Waals surface area contributed by atoms with Crippen LogP contribution in [-0.4, -0.2) is 31.1 Å². The minimum absolute atomic E-state index is 0.0538. The summed E-state index contributed by atoms with van der Waals surface area (Å²) in [6.07, 6.45) is 4.21. The molecule has 20 heavy (non-hydrogen) atoms. The predicted octanol–water partition coefficient (Wildman–Crippen LogP) is 1.13. The van der Waals surface area contributed by atoms with Crippen LogP contribution in [0.4, 0.5) is 5.69 Å². The summed E-state index contributed by atoms with van der Waals surface area (Å²) in [6, 6.07) is 3.00. The minimum Gasteiger partial charge on any atom is -0.396 e. The lowest BCUT2D eigenvalue weighted by Gasteiger charge is -2.13. The lowest BCUT2D eigenvalue weighted by Crippen LogP contribution is -2.38. The quantitative estimate of drug-likeness (QED) is 0.735. The van der Waals surface area contributed by atoms with E-state index in [0.717, 1.165) is 19.3 Å². The van der Waals surface area contributed by atoms with Gasteiger partial charge in [0.15, 0.2) is 5.03 Å². The molecule has 0 aliphatic heterocycles. The first-order chi connectivity index (χ1) is 9.41. The van der Waals surface area contributed by atoms with E-state index in [1.807, 2.05) is 0 Å². The summed E-state index contributed by atoms with van der Waals surface area (Å²) in [5, 5.41) is 1.18. The van der Waals surface area contributed by atoms with E-state index in [9.17, 15) is 13.2 Å². The Morgan fingerprint density at radius 1 is 1.45 bits per heavy atom. The van der Waals surface area contributed by atoms with E-state index in [0.29, 0.717) is 6.54 Å². The lowest BCUT2D eigenvalue weighted by atomic mass is 10.2. The van der Waals surface area contributed by atoms with E-state index in [4.69, 9.17) is 5.73 Å². The van der Waals surface area contributed by atoms with Crippen molar-refractivity contribution in [2.24, 2.45) is 0 Å². The van der Waals surface area contributed by atoms with Gasteiger partial charge in [-0.2, -0.15) is 0 Å². The first kappa shape index (κ1) is 16.4. The average molecular weight is 299 g/mol. The number of hydrogen-bond acceptors (Lipinski definition) is 5. The molecule has 1 heterocycles. The van der Waals surface area contributed by atoms with Crippen molar-refractivity contribution in [1.82, 2.24) is 10.3 Å². The number of nitrogens with zero attached hydrogens (tertiary/aromatic N) is 1. The Labute approximate surface area is 119 Å². The van der Waals surface area contributed by atoms with Crippen molar-refractivity contribution in [1.29, 1.82) is 0 Å². The number of unbranched alkanes of at least 4 members (excludes halogenated alkanes) is 2. The highest BCUT2D eigenvalue weighted by Gasteiger charge is 2.32. The Hall–Kier alpha value is -1.63. The molecule has 1 rings (SSSR count). The monoisotopic (exact) mass is 299 g/mol. The Morgan fingerprint density at radius 3 is 2.75 bits per heavy atom. The number of anilines is 1. The number of nitrogens with two attached hydrogens (primary N) is 1. The van der Waals surface area contributed by atoms with Crippen LogP contribution in [0.25, 0.3) is 0 Å². The average Bonchev–Trinajstić information content (AvgIpc) is 2.42. The summed E-state index contributed by atoms with van der Waals surface area (Å²) in [4.78, 5) is 15.6. The summed E-state index contributed by atoms with van der Waals surface area (Å²) in [5.74, 6) is -0.522. The third kappa shape index (κ3) is 3.93. The van der Waals surface area contributed by atoms with Crippen molar-refractivity contribution in [3.05, 3.63) is 18.3 Å². The van der Waals surface area contributed by atoms with E-state index in [1.54, 1.807) is 6.07 Å². The molecule has 3 N–H and O–H groups in total. The topological polar surface area (TPSA) is 102 Å². The van der Waals surface area contributed by atoms with Crippen LogP contribution >= 0.6 is 0 Å². The number of rotatable bonds is 7. The second-order valence-electron chi connectivity index (χ2n) is 4.58. The fourth-order valence-corrected chi connectivity index (χ4v) is 2.98. The molecule has 0 fully saturated rings. The molecule has 0 spiro atoms. The number of nitrogen functional groups attached to an aromatic ring is 1. The van der Waals surface area contributed by atoms with Gasteiger partial charge in [-0.1, -0.05) is 19.8 Å². The van der Waals surface area contributed by atoms with Crippen LogP contribution in [0.2, 0.25) is 0 Å². The lowest BCUT2D eigenvalue weighted by molar-refractivity contribution is -0.120. The molecule has 0 aliphatic carbocycles. The number of carbonyl (C=O) groups excluding carboxylic acids is 1. The van der Waals surface area contributed by atoms with Gasteiger partial charge in [-0.05, 0) is 25.5 Å². The van der Waals surface area contributed by atoms with Gasteiger partial charge in [0.05, 0.1) is 5.69 Å². The SMILES string of the molecule is CCCCCNC(=O)C(C)S(=O)(=O)c1ncccc1N. The molecular weight excluding hydrogens is 278 g/mol. The number of carbonyl (C=O) groups is 1. The largest absolute Gasteiger partial charge is 0.396 e. The number of sulfone groups is 1. The molecule has 7 heteroatoms. The molecule has 1 atom stereocenters. The molecular formula is C13H21N3O3S. The summed E-state index contributed by atoms with van der Waals surface area (Å²) in [7, 11) is -3.86. The zero-order valence-electron chi connectivity index (χ0n) is 11.8. The second-order valence-corrected chi connectivity index (χ2v) is 6.77. The maximum Gasteiger partial charge on any atom is 0.238 e. The number of pyridine rings is 1.